The van der Waals surface area contributed by atoms with Crippen LogP contribution in [0.15, 0.2) is 18.2 Å². The number of hydrogen-bond acceptors (Lipinski definition) is 4. The van der Waals surface area contributed by atoms with E-state index in [0.717, 1.165) is 0 Å². The van der Waals surface area contributed by atoms with Gasteiger partial charge >= 0.3 is 0 Å². The first-order chi connectivity index (χ1) is 9.65. The van der Waals surface area contributed by atoms with Gasteiger partial charge in [-0.05, 0) is 39.8 Å². The van der Waals surface area contributed by atoms with Crippen LogP contribution in [0.1, 0.15) is 38.1 Å². The van der Waals surface area contributed by atoms with Crippen molar-refractivity contribution in [3.05, 3.63) is 23.8 Å². The summed E-state index contributed by atoms with van der Waals surface area (Å²) in [5.74, 6) is -0.332. The molecule has 6 nitrogen and oxygen atoms in total. The topological polar surface area (TPSA) is 93.4 Å². The molecule has 0 bridgehead atoms. The third-order valence-electron chi connectivity index (χ3n) is 2.74. The zero-order valence-electron chi connectivity index (χ0n) is 13.1. The van der Waals surface area contributed by atoms with E-state index in [9.17, 15) is 9.59 Å². The molecule has 0 saturated carbocycles. The van der Waals surface area contributed by atoms with E-state index in [2.05, 4.69) is 10.6 Å². The Morgan fingerprint density at radius 3 is 2.43 bits per heavy atom. The summed E-state index contributed by atoms with van der Waals surface area (Å²) in [4.78, 5) is 24.3. The fourth-order valence-corrected chi connectivity index (χ4v) is 1.77. The monoisotopic (exact) mass is 293 g/mol. The van der Waals surface area contributed by atoms with Gasteiger partial charge in [-0.15, -0.1) is 0 Å². The van der Waals surface area contributed by atoms with Gasteiger partial charge in [0, 0.05) is 11.2 Å². The molecule has 4 N–H and O–H groups in total. The quantitative estimate of drug-likeness (QED) is 0.730. The van der Waals surface area contributed by atoms with Crippen LogP contribution in [0.5, 0.6) is 5.75 Å². The van der Waals surface area contributed by atoms with Gasteiger partial charge in [-0.2, -0.15) is 0 Å². The second-order valence-electron chi connectivity index (χ2n) is 5.86. The SMILES string of the molecule is COc1cccc(N)c1C(=O)NC(C)C(=O)NC(C)(C)C. The summed E-state index contributed by atoms with van der Waals surface area (Å²) in [6.45, 7) is 7.23. The smallest absolute Gasteiger partial charge is 0.257 e. The lowest BCUT2D eigenvalue weighted by molar-refractivity contribution is -0.124. The van der Waals surface area contributed by atoms with E-state index in [1.54, 1.807) is 25.1 Å². The van der Waals surface area contributed by atoms with Gasteiger partial charge in [0.2, 0.25) is 5.91 Å². The van der Waals surface area contributed by atoms with E-state index >= 15 is 0 Å². The molecule has 1 unspecified atom stereocenters. The van der Waals surface area contributed by atoms with Gasteiger partial charge < -0.3 is 21.1 Å². The molecule has 0 aliphatic carbocycles. The number of hydrogen-bond donors (Lipinski definition) is 3. The minimum atomic E-state index is -0.680. The minimum Gasteiger partial charge on any atom is -0.496 e. The molecule has 1 aromatic carbocycles. The number of benzene rings is 1. The third-order valence-corrected chi connectivity index (χ3v) is 2.74. The molecular weight excluding hydrogens is 270 g/mol. The Hall–Kier alpha value is -2.24. The zero-order chi connectivity index (χ0) is 16.2. The molecule has 6 heteroatoms. The molecule has 2 amide bonds. The van der Waals surface area contributed by atoms with Crippen LogP contribution in [0.4, 0.5) is 5.69 Å². The summed E-state index contributed by atoms with van der Waals surface area (Å²) in [6, 6.07) is 4.27. The molecule has 1 aromatic rings. The van der Waals surface area contributed by atoms with Crippen LogP contribution in [0.25, 0.3) is 0 Å². The number of methoxy groups -OCH3 is 1. The number of nitrogens with two attached hydrogens (primary N) is 1. The first-order valence-corrected chi connectivity index (χ1v) is 6.71. The van der Waals surface area contributed by atoms with Crippen molar-refractivity contribution in [2.24, 2.45) is 0 Å². The molecule has 0 radical (unpaired) electrons. The number of nitrogen functional groups attached to an aromatic ring is 1. The number of nitrogens with one attached hydrogen (secondary N) is 2. The van der Waals surface area contributed by atoms with E-state index in [1.165, 1.54) is 7.11 Å². The summed E-state index contributed by atoms with van der Waals surface area (Å²) < 4.78 is 5.13. The average Bonchev–Trinajstić information content (AvgIpc) is 2.35. The molecule has 0 aromatic heterocycles. The summed E-state index contributed by atoms with van der Waals surface area (Å²) in [7, 11) is 1.46. The number of ether oxygens (including phenoxy) is 1. The highest BCUT2D eigenvalue weighted by atomic mass is 16.5. The average molecular weight is 293 g/mol. The van der Waals surface area contributed by atoms with E-state index in [4.69, 9.17) is 10.5 Å². The fourth-order valence-electron chi connectivity index (χ4n) is 1.77. The lowest BCUT2D eigenvalue weighted by Gasteiger charge is -2.24. The van der Waals surface area contributed by atoms with Crippen LogP contribution in [-0.4, -0.2) is 30.5 Å². The summed E-state index contributed by atoms with van der Waals surface area (Å²) >= 11 is 0. The number of carbonyl (C=O) groups is 2. The van der Waals surface area contributed by atoms with Gasteiger partial charge in [-0.1, -0.05) is 6.07 Å². The third kappa shape index (κ3) is 4.66. The Morgan fingerprint density at radius 2 is 1.90 bits per heavy atom. The van der Waals surface area contributed by atoms with Crippen molar-refractivity contribution in [3.63, 3.8) is 0 Å². The standard InChI is InChI=1S/C15H23N3O3/c1-9(13(19)18-15(2,3)4)17-14(20)12-10(16)7-6-8-11(12)21-5/h6-9H,16H2,1-5H3,(H,17,20)(H,18,19). The van der Waals surface area contributed by atoms with Crippen molar-refractivity contribution in [2.45, 2.75) is 39.3 Å². The number of carbonyl (C=O) groups excluding carboxylic acids is 2. The number of rotatable bonds is 4. The zero-order valence-corrected chi connectivity index (χ0v) is 13.1. The van der Waals surface area contributed by atoms with Crippen molar-refractivity contribution < 1.29 is 14.3 Å². The van der Waals surface area contributed by atoms with Crippen LogP contribution in [0, 0.1) is 0 Å². The van der Waals surface area contributed by atoms with Crippen LogP contribution in [0.3, 0.4) is 0 Å². The Kier molecular flexibility index (Phi) is 5.18. The van der Waals surface area contributed by atoms with E-state index < -0.39 is 11.9 Å². The van der Waals surface area contributed by atoms with Crippen molar-refractivity contribution in [3.8, 4) is 5.75 Å². The summed E-state index contributed by atoms with van der Waals surface area (Å²) in [5, 5.41) is 5.43. The highest BCUT2D eigenvalue weighted by Gasteiger charge is 2.23. The Labute approximate surface area is 125 Å². The second kappa shape index (κ2) is 6.47. The van der Waals surface area contributed by atoms with Crippen LogP contribution in [0.2, 0.25) is 0 Å². The van der Waals surface area contributed by atoms with Gasteiger partial charge in [-0.25, -0.2) is 0 Å². The van der Waals surface area contributed by atoms with Crippen molar-refractivity contribution >= 4 is 17.5 Å². The molecule has 116 valence electrons. The van der Waals surface area contributed by atoms with Crippen LogP contribution < -0.4 is 21.1 Å². The minimum absolute atomic E-state index is 0.232. The normalized spacial score (nSPS) is 12.4. The maximum atomic E-state index is 12.3. The first-order valence-electron chi connectivity index (χ1n) is 6.71. The highest BCUT2D eigenvalue weighted by Crippen LogP contribution is 2.23. The molecule has 0 spiro atoms. The summed E-state index contributed by atoms with van der Waals surface area (Å²) in [6.07, 6.45) is 0. The fraction of sp³-hybridized carbons (Fsp3) is 0.467. The van der Waals surface area contributed by atoms with Gasteiger partial charge in [-0.3, -0.25) is 9.59 Å². The van der Waals surface area contributed by atoms with Gasteiger partial charge in [0.25, 0.3) is 5.91 Å². The Balaban J connectivity index is 2.85. The molecular formula is C15H23N3O3. The molecule has 1 rings (SSSR count). The van der Waals surface area contributed by atoms with Gasteiger partial charge in [0.15, 0.2) is 0 Å². The largest absolute Gasteiger partial charge is 0.496 e. The Bertz CT molecular complexity index is 535. The van der Waals surface area contributed by atoms with Gasteiger partial charge in [0.1, 0.15) is 17.4 Å². The lowest BCUT2D eigenvalue weighted by Crippen LogP contribution is -2.50. The lowest BCUT2D eigenvalue weighted by atomic mass is 10.1. The van der Waals surface area contributed by atoms with Crippen molar-refractivity contribution in [1.82, 2.24) is 10.6 Å². The molecule has 0 aliphatic rings. The first kappa shape index (κ1) is 16.8. The Morgan fingerprint density at radius 1 is 1.29 bits per heavy atom. The predicted octanol–water partition coefficient (Wildman–Crippen LogP) is 1.31. The maximum absolute atomic E-state index is 12.3. The van der Waals surface area contributed by atoms with E-state index in [1.807, 2.05) is 20.8 Å². The maximum Gasteiger partial charge on any atom is 0.257 e. The van der Waals surface area contributed by atoms with E-state index in [-0.39, 0.29) is 17.0 Å². The van der Waals surface area contributed by atoms with Crippen molar-refractivity contribution in [1.29, 1.82) is 0 Å². The molecule has 0 fully saturated rings. The van der Waals surface area contributed by atoms with Crippen LogP contribution >= 0.6 is 0 Å². The number of amides is 2. The molecule has 21 heavy (non-hydrogen) atoms. The molecule has 0 aliphatic heterocycles. The van der Waals surface area contributed by atoms with Crippen molar-refractivity contribution in [2.75, 3.05) is 12.8 Å². The predicted molar refractivity (Wildman–Crippen MR) is 82.2 cm³/mol. The van der Waals surface area contributed by atoms with Crippen LogP contribution in [-0.2, 0) is 4.79 Å². The van der Waals surface area contributed by atoms with E-state index in [0.29, 0.717) is 11.4 Å². The second-order valence-corrected chi connectivity index (χ2v) is 5.86. The molecule has 0 saturated heterocycles. The summed E-state index contributed by atoms with van der Waals surface area (Å²) in [5.41, 5.74) is 5.98. The highest BCUT2D eigenvalue weighted by molar-refractivity contribution is 6.03. The molecule has 0 heterocycles. The number of anilines is 1. The van der Waals surface area contributed by atoms with Gasteiger partial charge in [0.05, 0.1) is 7.11 Å². The molecule has 1 atom stereocenters.